The minimum absolute atomic E-state index is 0.103. The monoisotopic (exact) mass is 228 g/mol. The van der Waals surface area contributed by atoms with Gasteiger partial charge in [-0.05, 0) is 0 Å². The van der Waals surface area contributed by atoms with Gasteiger partial charge in [-0.2, -0.15) is 5.26 Å². The van der Waals surface area contributed by atoms with Gasteiger partial charge >= 0.3 is 0 Å². The Labute approximate surface area is 91.9 Å². The van der Waals surface area contributed by atoms with Crippen LogP contribution in [0.1, 0.15) is 0 Å². The maximum atomic E-state index is 11.2. The fourth-order valence-electron chi connectivity index (χ4n) is 0.706. The fraction of sp³-hybridized carbons (Fsp3) is 0.500. The molecule has 2 amide bonds. The van der Waals surface area contributed by atoms with E-state index in [-0.39, 0.29) is 19.7 Å². The van der Waals surface area contributed by atoms with Crippen molar-refractivity contribution in [1.29, 1.82) is 5.26 Å². The Morgan fingerprint density at radius 2 is 2.19 bits per heavy atom. The first-order valence-corrected chi connectivity index (χ1v) is 4.32. The van der Waals surface area contributed by atoms with Crippen molar-refractivity contribution in [1.82, 2.24) is 10.6 Å². The van der Waals surface area contributed by atoms with Crippen LogP contribution >= 0.6 is 0 Å². The zero-order valence-corrected chi connectivity index (χ0v) is 8.69. The number of hydrogen-bond donors (Lipinski definition) is 3. The number of nitriles is 1. The number of hydrogen-bond acceptors (Lipinski definition) is 6. The van der Waals surface area contributed by atoms with E-state index >= 15 is 0 Å². The van der Waals surface area contributed by atoms with Gasteiger partial charge in [0.05, 0.1) is 13.2 Å². The molecular formula is C8H12N4O4. The van der Waals surface area contributed by atoms with Crippen LogP contribution in [0.3, 0.4) is 0 Å². The van der Waals surface area contributed by atoms with Crippen LogP contribution in [0.4, 0.5) is 0 Å². The van der Waals surface area contributed by atoms with E-state index in [9.17, 15) is 9.59 Å². The number of aliphatic hydroxyl groups excluding tert-OH is 1. The Morgan fingerprint density at radius 3 is 2.69 bits per heavy atom. The zero-order chi connectivity index (χ0) is 12.4. The molecule has 0 radical (unpaired) electrons. The van der Waals surface area contributed by atoms with Crippen LogP contribution in [0.15, 0.2) is 5.16 Å². The molecule has 0 aromatic carbocycles. The van der Waals surface area contributed by atoms with Gasteiger partial charge in [-0.3, -0.25) is 9.59 Å². The van der Waals surface area contributed by atoms with Gasteiger partial charge in [0.2, 0.25) is 11.6 Å². The van der Waals surface area contributed by atoms with Crippen molar-refractivity contribution < 1.29 is 19.5 Å². The van der Waals surface area contributed by atoms with Gasteiger partial charge in [0.15, 0.2) is 0 Å². The van der Waals surface area contributed by atoms with E-state index in [4.69, 9.17) is 10.4 Å². The molecule has 0 heterocycles. The largest absolute Gasteiger partial charge is 0.398 e. The standard InChI is InChI=1S/C8H12N4O4/c1-16-12-6(4-9)8(15)11-5-7(14)10-2-3-13/h13H,2-3,5H2,1H3,(H,10,14)(H,11,15)/b12-6+. The molecule has 0 unspecified atom stereocenters. The molecule has 0 aliphatic rings. The summed E-state index contributed by atoms with van der Waals surface area (Å²) in [4.78, 5) is 26.4. The Hall–Kier alpha value is -2.14. The Kier molecular flexibility index (Phi) is 7.10. The lowest BCUT2D eigenvalue weighted by Gasteiger charge is -2.03. The number of rotatable bonds is 6. The Balaban J connectivity index is 4.02. The predicted molar refractivity (Wildman–Crippen MR) is 53.2 cm³/mol. The van der Waals surface area contributed by atoms with Crippen LogP contribution in [0, 0.1) is 11.3 Å². The first-order chi connectivity index (χ1) is 7.65. The van der Waals surface area contributed by atoms with E-state index in [1.165, 1.54) is 13.2 Å². The maximum Gasteiger partial charge on any atom is 0.284 e. The summed E-state index contributed by atoms with van der Waals surface area (Å²) in [6, 6.07) is 1.51. The molecule has 0 atom stereocenters. The molecule has 0 aromatic heterocycles. The minimum atomic E-state index is -0.802. The molecular weight excluding hydrogens is 216 g/mol. The highest BCUT2D eigenvalue weighted by Gasteiger charge is 2.12. The first-order valence-electron chi connectivity index (χ1n) is 4.32. The van der Waals surface area contributed by atoms with Crippen LogP contribution in [0.5, 0.6) is 0 Å². The number of aliphatic hydroxyl groups is 1. The van der Waals surface area contributed by atoms with Crippen LogP contribution in [-0.2, 0) is 14.4 Å². The second kappa shape index (κ2) is 8.19. The van der Waals surface area contributed by atoms with Gasteiger partial charge < -0.3 is 20.6 Å². The van der Waals surface area contributed by atoms with Gasteiger partial charge in [-0.1, -0.05) is 5.16 Å². The van der Waals surface area contributed by atoms with Gasteiger partial charge in [0.1, 0.15) is 13.2 Å². The molecule has 8 nitrogen and oxygen atoms in total. The van der Waals surface area contributed by atoms with Crippen molar-refractivity contribution in [2.75, 3.05) is 26.8 Å². The summed E-state index contributed by atoms with van der Waals surface area (Å²) in [5, 5.41) is 24.5. The zero-order valence-electron chi connectivity index (χ0n) is 8.69. The minimum Gasteiger partial charge on any atom is -0.398 e. The average molecular weight is 228 g/mol. The lowest BCUT2D eigenvalue weighted by atomic mass is 10.4. The molecule has 16 heavy (non-hydrogen) atoms. The molecule has 0 saturated carbocycles. The molecule has 0 saturated heterocycles. The second-order valence-electron chi connectivity index (χ2n) is 2.49. The Bertz CT molecular complexity index is 320. The molecule has 0 bridgehead atoms. The van der Waals surface area contributed by atoms with E-state index in [0.29, 0.717) is 0 Å². The van der Waals surface area contributed by atoms with Crippen molar-refractivity contribution in [3.8, 4) is 6.07 Å². The van der Waals surface area contributed by atoms with Crippen molar-refractivity contribution in [3.05, 3.63) is 0 Å². The van der Waals surface area contributed by atoms with E-state index in [1.807, 2.05) is 0 Å². The number of amides is 2. The second-order valence-corrected chi connectivity index (χ2v) is 2.49. The number of nitrogens with zero attached hydrogens (tertiary/aromatic N) is 2. The van der Waals surface area contributed by atoms with Crippen molar-refractivity contribution in [2.24, 2.45) is 5.16 Å². The lowest BCUT2D eigenvalue weighted by Crippen LogP contribution is -2.40. The van der Waals surface area contributed by atoms with Gasteiger partial charge in [-0.25, -0.2) is 0 Å². The summed E-state index contributed by atoms with van der Waals surface area (Å²) in [6.07, 6.45) is 0. The molecule has 8 heteroatoms. The molecule has 0 aromatic rings. The predicted octanol–water partition coefficient (Wildman–Crippen LogP) is -2.26. The normalized spacial score (nSPS) is 10.2. The van der Waals surface area contributed by atoms with Crippen molar-refractivity contribution in [3.63, 3.8) is 0 Å². The quantitative estimate of drug-likeness (QED) is 0.349. The van der Waals surface area contributed by atoms with Gasteiger partial charge in [-0.15, -0.1) is 0 Å². The van der Waals surface area contributed by atoms with Crippen LogP contribution in [0.25, 0.3) is 0 Å². The number of nitrogens with one attached hydrogen (secondary N) is 2. The molecule has 0 fully saturated rings. The average Bonchev–Trinajstić information content (AvgIpc) is 2.30. The third-order valence-electron chi connectivity index (χ3n) is 1.35. The lowest BCUT2D eigenvalue weighted by molar-refractivity contribution is -0.123. The Morgan fingerprint density at radius 1 is 1.50 bits per heavy atom. The van der Waals surface area contributed by atoms with Crippen molar-refractivity contribution in [2.45, 2.75) is 0 Å². The highest BCUT2D eigenvalue weighted by molar-refractivity contribution is 6.45. The van der Waals surface area contributed by atoms with Gasteiger partial charge in [0, 0.05) is 6.54 Å². The summed E-state index contributed by atoms with van der Waals surface area (Å²) in [5.41, 5.74) is -0.475. The topological polar surface area (TPSA) is 124 Å². The SMILES string of the molecule is CO/N=C(\C#N)C(=O)NCC(=O)NCCO. The first kappa shape index (κ1) is 13.9. The van der Waals surface area contributed by atoms with E-state index in [1.54, 1.807) is 0 Å². The smallest absolute Gasteiger partial charge is 0.284 e. The number of carbonyl (C=O) groups excluding carboxylic acids is 2. The summed E-state index contributed by atoms with van der Waals surface area (Å²) in [6.45, 7) is -0.385. The molecule has 0 spiro atoms. The van der Waals surface area contributed by atoms with Crippen LogP contribution in [-0.4, -0.2) is 49.4 Å². The number of oxime groups is 1. The molecule has 0 aliphatic carbocycles. The summed E-state index contributed by atoms with van der Waals surface area (Å²) < 4.78 is 0. The highest BCUT2D eigenvalue weighted by Crippen LogP contribution is 1.79. The van der Waals surface area contributed by atoms with Crippen molar-refractivity contribution >= 4 is 17.5 Å². The van der Waals surface area contributed by atoms with Crippen LogP contribution in [0.2, 0.25) is 0 Å². The van der Waals surface area contributed by atoms with E-state index in [0.717, 1.165) is 0 Å². The van der Waals surface area contributed by atoms with E-state index in [2.05, 4.69) is 20.6 Å². The fourth-order valence-corrected chi connectivity index (χ4v) is 0.706. The van der Waals surface area contributed by atoms with Gasteiger partial charge in [0.25, 0.3) is 5.91 Å². The third-order valence-corrected chi connectivity index (χ3v) is 1.35. The molecule has 0 aliphatic heterocycles. The summed E-state index contributed by atoms with van der Waals surface area (Å²) >= 11 is 0. The van der Waals surface area contributed by atoms with E-state index < -0.39 is 17.5 Å². The highest BCUT2D eigenvalue weighted by atomic mass is 16.6. The summed E-state index contributed by atoms with van der Waals surface area (Å²) in [5.74, 6) is -1.28. The summed E-state index contributed by atoms with van der Waals surface area (Å²) in [7, 11) is 1.19. The number of carbonyl (C=O) groups is 2. The maximum absolute atomic E-state index is 11.2. The third kappa shape index (κ3) is 5.56. The molecule has 0 rings (SSSR count). The van der Waals surface area contributed by atoms with Crippen LogP contribution < -0.4 is 10.6 Å². The molecule has 3 N–H and O–H groups in total. The molecule has 88 valence electrons.